The van der Waals surface area contributed by atoms with Gasteiger partial charge in [-0.2, -0.15) is 0 Å². The first kappa shape index (κ1) is 13.3. The molecule has 1 amide bonds. The third-order valence-electron chi connectivity index (χ3n) is 4.76. The van der Waals surface area contributed by atoms with Crippen LogP contribution in [0.1, 0.15) is 36.0 Å². The van der Waals surface area contributed by atoms with Crippen molar-refractivity contribution in [2.24, 2.45) is 0 Å². The summed E-state index contributed by atoms with van der Waals surface area (Å²) in [7, 11) is 0. The number of benzene rings is 1. The average Bonchev–Trinajstić information content (AvgIpc) is 2.78. The Bertz CT molecular complexity index is 688. The van der Waals surface area contributed by atoms with Crippen LogP contribution < -0.4 is 0 Å². The first-order valence-corrected chi connectivity index (χ1v) is 8.45. The van der Waals surface area contributed by atoms with Gasteiger partial charge < -0.3 is 4.90 Å². The minimum Gasteiger partial charge on any atom is -0.333 e. The van der Waals surface area contributed by atoms with Crippen molar-refractivity contribution in [2.45, 2.75) is 42.6 Å². The summed E-state index contributed by atoms with van der Waals surface area (Å²) in [6.07, 6.45) is 6.24. The van der Waals surface area contributed by atoms with Gasteiger partial charge >= 0.3 is 0 Å². The molecule has 1 aromatic carbocycles. The monoisotopic (exact) mass is 344 g/mol. The summed E-state index contributed by atoms with van der Waals surface area (Å²) in [4.78, 5) is 19.9. The number of pyridine rings is 1. The van der Waals surface area contributed by atoms with Gasteiger partial charge in [0, 0.05) is 34.1 Å². The molecule has 4 rings (SSSR count). The minimum absolute atomic E-state index is 0.188. The van der Waals surface area contributed by atoms with Gasteiger partial charge in [-0.3, -0.25) is 9.78 Å². The quantitative estimate of drug-likeness (QED) is 0.738. The van der Waals surface area contributed by atoms with E-state index < -0.39 is 0 Å². The number of aromatic nitrogens is 1. The van der Waals surface area contributed by atoms with Crippen molar-refractivity contribution in [1.29, 1.82) is 0 Å². The van der Waals surface area contributed by atoms with Crippen LogP contribution in [-0.4, -0.2) is 32.7 Å². The van der Waals surface area contributed by atoms with Crippen molar-refractivity contribution in [1.82, 2.24) is 9.88 Å². The van der Waals surface area contributed by atoms with E-state index >= 15 is 0 Å². The number of carbonyl (C=O) groups is 1. The van der Waals surface area contributed by atoms with Crippen LogP contribution in [0.2, 0.25) is 0 Å². The van der Waals surface area contributed by atoms with Crippen LogP contribution in [0.15, 0.2) is 36.5 Å². The third-order valence-corrected chi connectivity index (χ3v) is 5.51. The number of rotatable bonds is 1. The van der Waals surface area contributed by atoms with E-state index in [9.17, 15) is 4.79 Å². The average molecular weight is 345 g/mol. The highest BCUT2D eigenvalue weighted by Crippen LogP contribution is 2.39. The summed E-state index contributed by atoms with van der Waals surface area (Å²) in [5.74, 6) is 0.188. The SMILES string of the molecule is O=C(c1ccc2ncccc2c1)N1C2CCC1CC(Br)C2. The topological polar surface area (TPSA) is 33.2 Å². The molecule has 2 aromatic rings. The predicted octanol–water partition coefficient (Wildman–Crippen LogP) is 3.77. The molecule has 2 fully saturated rings. The molecule has 1 aromatic heterocycles. The molecule has 2 atom stereocenters. The molecule has 2 bridgehead atoms. The van der Waals surface area contributed by atoms with E-state index in [1.54, 1.807) is 6.20 Å². The number of amides is 1. The summed E-state index contributed by atoms with van der Waals surface area (Å²) in [6, 6.07) is 10.6. The second-order valence-corrected chi connectivity index (χ2v) is 7.37. The molecule has 3 heterocycles. The fourth-order valence-electron chi connectivity index (χ4n) is 3.80. The number of carbonyl (C=O) groups excluding carboxylic acids is 1. The van der Waals surface area contributed by atoms with Crippen LogP contribution in [0, 0.1) is 0 Å². The van der Waals surface area contributed by atoms with Gasteiger partial charge in [0.15, 0.2) is 0 Å². The van der Waals surface area contributed by atoms with Crippen LogP contribution in [0.4, 0.5) is 0 Å². The molecule has 2 unspecified atom stereocenters. The Labute approximate surface area is 132 Å². The Morgan fingerprint density at radius 2 is 1.95 bits per heavy atom. The standard InChI is InChI=1S/C17H17BrN2O/c18-13-9-14-4-5-15(10-13)20(14)17(21)12-3-6-16-11(8-12)2-1-7-19-16/h1-3,6-8,13-15H,4-5,9-10H2. The molecular formula is C17H17BrN2O. The molecule has 2 aliphatic rings. The van der Waals surface area contributed by atoms with E-state index in [0.717, 1.165) is 42.1 Å². The van der Waals surface area contributed by atoms with Gasteiger partial charge in [0.2, 0.25) is 0 Å². The Kier molecular flexibility index (Phi) is 3.21. The van der Waals surface area contributed by atoms with Gasteiger partial charge in [0.05, 0.1) is 5.52 Å². The van der Waals surface area contributed by atoms with Crippen LogP contribution in [0.25, 0.3) is 10.9 Å². The molecule has 4 heteroatoms. The lowest BCUT2D eigenvalue weighted by Gasteiger charge is -2.37. The van der Waals surface area contributed by atoms with E-state index in [1.807, 2.05) is 30.3 Å². The summed E-state index contributed by atoms with van der Waals surface area (Å²) >= 11 is 3.73. The van der Waals surface area contributed by atoms with Crippen LogP contribution in [0.3, 0.4) is 0 Å². The number of hydrogen-bond acceptors (Lipinski definition) is 2. The smallest absolute Gasteiger partial charge is 0.254 e. The summed E-state index contributed by atoms with van der Waals surface area (Å²) in [5.41, 5.74) is 1.73. The number of nitrogens with zero attached hydrogens (tertiary/aromatic N) is 2. The highest BCUT2D eigenvalue weighted by atomic mass is 79.9. The highest BCUT2D eigenvalue weighted by molar-refractivity contribution is 9.09. The second-order valence-electron chi connectivity index (χ2n) is 6.08. The van der Waals surface area contributed by atoms with Crippen LogP contribution >= 0.6 is 15.9 Å². The zero-order chi connectivity index (χ0) is 14.4. The Balaban J connectivity index is 1.67. The van der Waals surface area contributed by atoms with E-state index in [4.69, 9.17) is 0 Å². The van der Waals surface area contributed by atoms with E-state index in [1.165, 1.54) is 0 Å². The van der Waals surface area contributed by atoms with Gasteiger partial charge in [0.25, 0.3) is 5.91 Å². The molecular weight excluding hydrogens is 328 g/mol. The minimum atomic E-state index is 0.188. The summed E-state index contributed by atoms with van der Waals surface area (Å²) < 4.78 is 0. The van der Waals surface area contributed by atoms with Crippen molar-refractivity contribution < 1.29 is 4.79 Å². The number of fused-ring (bicyclic) bond motifs is 3. The number of hydrogen-bond donors (Lipinski definition) is 0. The van der Waals surface area contributed by atoms with E-state index in [0.29, 0.717) is 16.9 Å². The molecule has 0 radical (unpaired) electrons. The Morgan fingerprint density at radius 3 is 2.71 bits per heavy atom. The van der Waals surface area contributed by atoms with Gasteiger partial charge in [-0.15, -0.1) is 0 Å². The Morgan fingerprint density at radius 1 is 1.19 bits per heavy atom. The first-order chi connectivity index (χ1) is 10.2. The molecule has 0 saturated carbocycles. The maximum Gasteiger partial charge on any atom is 0.254 e. The zero-order valence-corrected chi connectivity index (χ0v) is 13.3. The molecule has 0 spiro atoms. The lowest BCUT2D eigenvalue weighted by molar-refractivity contribution is 0.0603. The largest absolute Gasteiger partial charge is 0.333 e. The lowest BCUT2D eigenvalue weighted by atomic mass is 10.0. The van der Waals surface area contributed by atoms with Crippen molar-refractivity contribution in [3.05, 3.63) is 42.1 Å². The predicted molar refractivity (Wildman–Crippen MR) is 86.7 cm³/mol. The van der Waals surface area contributed by atoms with Gasteiger partial charge in [-0.25, -0.2) is 0 Å². The van der Waals surface area contributed by atoms with Crippen molar-refractivity contribution >= 4 is 32.7 Å². The van der Waals surface area contributed by atoms with Crippen molar-refractivity contribution in [3.63, 3.8) is 0 Å². The zero-order valence-electron chi connectivity index (χ0n) is 11.7. The van der Waals surface area contributed by atoms with Crippen molar-refractivity contribution in [2.75, 3.05) is 0 Å². The Hall–Kier alpha value is -1.42. The second kappa shape index (κ2) is 5.09. The molecule has 21 heavy (non-hydrogen) atoms. The van der Waals surface area contributed by atoms with E-state index in [2.05, 4.69) is 25.8 Å². The molecule has 2 aliphatic heterocycles. The van der Waals surface area contributed by atoms with Crippen LogP contribution in [0.5, 0.6) is 0 Å². The molecule has 3 nitrogen and oxygen atoms in total. The molecule has 108 valence electrons. The van der Waals surface area contributed by atoms with E-state index in [-0.39, 0.29) is 5.91 Å². The molecule has 0 N–H and O–H groups in total. The van der Waals surface area contributed by atoms with Gasteiger partial charge in [0.1, 0.15) is 0 Å². The fourth-order valence-corrected chi connectivity index (χ4v) is 4.66. The summed E-state index contributed by atoms with van der Waals surface area (Å²) in [5, 5.41) is 1.03. The number of alkyl halides is 1. The lowest BCUT2D eigenvalue weighted by Crippen LogP contribution is -2.46. The molecule has 2 saturated heterocycles. The van der Waals surface area contributed by atoms with Crippen LogP contribution in [-0.2, 0) is 0 Å². The first-order valence-electron chi connectivity index (χ1n) is 7.54. The molecule has 0 aliphatic carbocycles. The third kappa shape index (κ3) is 2.26. The maximum absolute atomic E-state index is 12.9. The number of piperidine rings is 1. The normalized spacial score (nSPS) is 28.0. The fraction of sp³-hybridized carbons (Fsp3) is 0.412. The van der Waals surface area contributed by atoms with Crippen molar-refractivity contribution in [3.8, 4) is 0 Å². The highest BCUT2D eigenvalue weighted by Gasteiger charge is 2.42. The maximum atomic E-state index is 12.9. The van der Waals surface area contributed by atoms with Gasteiger partial charge in [-0.05, 0) is 49.9 Å². The number of halogens is 1. The summed E-state index contributed by atoms with van der Waals surface area (Å²) in [6.45, 7) is 0. The van der Waals surface area contributed by atoms with Gasteiger partial charge in [-0.1, -0.05) is 22.0 Å².